The van der Waals surface area contributed by atoms with Gasteiger partial charge in [-0.1, -0.05) is 6.07 Å². The molecule has 3 rings (SSSR count). The molecule has 1 aromatic heterocycles. The van der Waals surface area contributed by atoms with Gasteiger partial charge < -0.3 is 9.47 Å². The zero-order valence-electron chi connectivity index (χ0n) is 12.8. The minimum atomic E-state index is 0.201. The minimum Gasteiger partial charge on any atom is -0.487 e. The smallest absolute Gasteiger partial charge is 0.131 e. The van der Waals surface area contributed by atoms with Crippen molar-refractivity contribution in [1.82, 2.24) is 4.98 Å². The summed E-state index contributed by atoms with van der Waals surface area (Å²) in [5.74, 6) is 0.958. The fourth-order valence-electron chi connectivity index (χ4n) is 2.61. The van der Waals surface area contributed by atoms with Gasteiger partial charge in [-0.3, -0.25) is 0 Å². The van der Waals surface area contributed by atoms with Crippen LogP contribution in [0, 0.1) is 20.8 Å². The first-order chi connectivity index (χ1) is 10.1. The first-order valence-corrected chi connectivity index (χ1v) is 8.28. The number of aryl methyl sites for hydroxylation is 2. The molecule has 2 heterocycles. The Morgan fingerprint density at radius 2 is 2.19 bits per heavy atom. The van der Waals surface area contributed by atoms with E-state index in [1.807, 2.05) is 0 Å². The summed E-state index contributed by atoms with van der Waals surface area (Å²) < 4.78 is 11.6. The molecule has 1 saturated heterocycles. The van der Waals surface area contributed by atoms with E-state index in [4.69, 9.17) is 9.47 Å². The molecule has 1 unspecified atom stereocenters. The van der Waals surface area contributed by atoms with Crippen molar-refractivity contribution >= 4 is 11.3 Å². The second kappa shape index (κ2) is 6.16. The summed E-state index contributed by atoms with van der Waals surface area (Å²) in [6.45, 7) is 7.69. The molecular formula is C17H21NO2S. The highest BCUT2D eigenvalue weighted by Crippen LogP contribution is 2.31. The number of benzene rings is 1. The Labute approximate surface area is 129 Å². The molecule has 0 aliphatic carbocycles. The van der Waals surface area contributed by atoms with Crippen LogP contribution in [0.5, 0.6) is 5.75 Å². The average molecular weight is 303 g/mol. The zero-order valence-corrected chi connectivity index (χ0v) is 13.6. The molecule has 4 heteroatoms. The van der Waals surface area contributed by atoms with Crippen molar-refractivity contribution in [2.24, 2.45) is 0 Å². The summed E-state index contributed by atoms with van der Waals surface area (Å²) in [4.78, 5) is 4.65. The molecule has 0 N–H and O–H groups in total. The Balaban J connectivity index is 1.68. The number of aromatic nitrogens is 1. The second-order valence-corrected chi connectivity index (χ2v) is 6.56. The van der Waals surface area contributed by atoms with Gasteiger partial charge in [-0.15, -0.1) is 11.3 Å². The zero-order chi connectivity index (χ0) is 14.8. The first-order valence-electron chi connectivity index (χ1n) is 7.40. The molecule has 1 aliphatic rings. The molecule has 3 nitrogen and oxygen atoms in total. The van der Waals surface area contributed by atoms with Gasteiger partial charge in [0.05, 0.1) is 5.69 Å². The van der Waals surface area contributed by atoms with Gasteiger partial charge in [-0.2, -0.15) is 0 Å². The molecule has 0 bridgehead atoms. The van der Waals surface area contributed by atoms with E-state index in [0.717, 1.165) is 35.9 Å². The largest absolute Gasteiger partial charge is 0.487 e. The van der Waals surface area contributed by atoms with Gasteiger partial charge in [0.15, 0.2) is 0 Å². The topological polar surface area (TPSA) is 31.4 Å². The van der Waals surface area contributed by atoms with Crippen LogP contribution in [0.2, 0.25) is 0 Å². The standard InChI is InChI=1S/C17H21NO2S/c1-11-7-12(2)13(3)16(8-11)20-9-14-10-21-17(18-14)15-5-4-6-19-15/h7-8,10,15H,4-6,9H2,1-3H3. The van der Waals surface area contributed by atoms with E-state index >= 15 is 0 Å². The third-order valence-electron chi connectivity index (χ3n) is 3.91. The predicted molar refractivity (Wildman–Crippen MR) is 85.0 cm³/mol. The van der Waals surface area contributed by atoms with Crippen LogP contribution in [0.3, 0.4) is 0 Å². The Morgan fingerprint density at radius 3 is 2.95 bits per heavy atom. The summed E-state index contributed by atoms with van der Waals surface area (Å²) in [6.07, 6.45) is 2.42. The predicted octanol–water partition coefficient (Wildman–Crippen LogP) is 4.50. The van der Waals surface area contributed by atoms with Gasteiger partial charge in [0.1, 0.15) is 23.5 Å². The highest BCUT2D eigenvalue weighted by molar-refractivity contribution is 7.09. The van der Waals surface area contributed by atoms with Crippen molar-refractivity contribution in [2.75, 3.05) is 6.61 Å². The van der Waals surface area contributed by atoms with E-state index in [2.05, 4.69) is 43.3 Å². The van der Waals surface area contributed by atoms with Crippen LogP contribution in [0.15, 0.2) is 17.5 Å². The molecular weight excluding hydrogens is 282 g/mol. The van der Waals surface area contributed by atoms with Gasteiger partial charge in [0, 0.05) is 12.0 Å². The van der Waals surface area contributed by atoms with Gasteiger partial charge in [-0.25, -0.2) is 4.98 Å². The summed E-state index contributed by atoms with van der Waals surface area (Å²) in [5, 5.41) is 3.16. The normalized spacial score (nSPS) is 18.1. The molecule has 1 fully saturated rings. The fourth-order valence-corrected chi connectivity index (χ4v) is 3.50. The number of thiazole rings is 1. The third kappa shape index (κ3) is 3.27. The van der Waals surface area contributed by atoms with E-state index < -0.39 is 0 Å². The summed E-state index contributed by atoms with van der Waals surface area (Å²) in [6, 6.07) is 4.27. The molecule has 0 amide bonds. The second-order valence-electron chi connectivity index (χ2n) is 5.67. The monoisotopic (exact) mass is 303 g/mol. The lowest BCUT2D eigenvalue weighted by Gasteiger charge is -2.11. The van der Waals surface area contributed by atoms with Crippen LogP contribution in [-0.4, -0.2) is 11.6 Å². The van der Waals surface area contributed by atoms with Crippen molar-refractivity contribution in [1.29, 1.82) is 0 Å². The molecule has 0 spiro atoms. The summed E-state index contributed by atoms with van der Waals surface area (Å²) >= 11 is 1.68. The molecule has 21 heavy (non-hydrogen) atoms. The van der Waals surface area contributed by atoms with Crippen molar-refractivity contribution in [3.8, 4) is 5.75 Å². The lowest BCUT2D eigenvalue weighted by molar-refractivity contribution is 0.111. The van der Waals surface area contributed by atoms with Crippen LogP contribution in [-0.2, 0) is 11.3 Å². The van der Waals surface area contributed by atoms with E-state index in [9.17, 15) is 0 Å². The van der Waals surface area contributed by atoms with Crippen LogP contribution < -0.4 is 4.74 Å². The number of hydrogen-bond acceptors (Lipinski definition) is 4. The van der Waals surface area contributed by atoms with Crippen LogP contribution in [0.25, 0.3) is 0 Å². The van der Waals surface area contributed by atoms with E-state index in [-0.39, 0.29) is 6.10 Å². The Bertz CT molecular complexity index is 630. The molecule has 0 saturated carbocycles. The number of nitrogens with zero attached hydrogens (tertiary/aromatic N) is 1. The molecule has 0 radical (unpaired) electrons. The number of ether oxygens (including phenoxy) is 2. The van der Waals surface area contributed by atoms with E-state index in [1.165, 1.54) is 16.7 Å². The average Bonchev–Trinajstić information content (AvgIpc) is 3.11. The SMILES string of the molecule is Cc1cc(C)c(C)c(OCc2csc(C3CCCO3)n2)c1. The highest BCUT2D eigenvalue weighted by Gasteiger charge is 2.20. The maximum Gasteiger partial charge on any atom is 0.131 e. The first kappa shape index (κ1) is 14.5. The number of hydrogen-bond donors (Lipinski definition) is 0. The lowest BCUT2D eigenvalue weighted by atomic mass is 10.1. The van der Waals surface area contributed by atoms with E-state index in [1.54, 1.807) is 11.3 Å². The minimum absolute atomic E-state index is 0.201. The third-order valence-corrected chi connectivity index (χ3v) is 4.90. The maximum absolute atomic E-state index is 5.96. The summed E-state index contributed by atoms with van der Waals surface area (Å²) in [5.41, 5.74) is 4.69. The van der Waals surface area contributed by atoms with Crippen LogP contribution >= 0.6 is 11.3 Å². The maximum atomic E-state index is 5.96. The molecule has 1 aromatic carbocycles. The van der Waals surface area contributed by atoms with Crippen molar-refractivity contribution < 1.29 is 9.47 Å². The Kier molecular flexibility index (Phi) is 4.27. The van der Waals surface area contributed by atoms with Crippen LogP contribution in [0.4, 0.5) is 0 Å². The Morgan fingerprint density at radius 1 is 1.33 bits per heavy atom. The fraction of sp³-hybridized carbons (Fsp3) is 0.471. The van der Waals surface area contributed by atoms with Gasteiger partial charge >= 0.3 is 0 Å². The van der Waals surface area contributed by atoms with Crippen LogP contribution in [0.1, 0.15) is 46.3 Å². The Hall–Kier alpha value is -1.39. The highest BCUT2D eigenvalue weighted by atomic mass is 32.1. The summed E-state index contributed by atoms with van der Waals surface area (Å²) in [7, 11) is 0. The molecule has 1 aliphatic heterocycles. The van der Waals surface area contributed by atoms with Gasteiger partial charge in [0.25, 0.3) is 0 Å². The van der Waals surface area contributed by atoms with E-state index in [0.29, 0.717) is 6.61 Å². The lowest BCUT2D eigenvalue weighted by Crippen LogP contribution is -2.00. The molecule has 112 valence electrons. The quantitative estimate of drug-likeness (QED) is 0.833. The molecule has 2 aromatic rings. The van der Waals surface area contributed by atoms with Crippen molar-refractivity contribution in [2.45, 2.75) is 46.3 Å². The van der Waals surface area contributed by atoms with Crippen molar-refractivity contribution in [3.63, 3.8) is 0 Å². The van der Waals surface area contributed by atoms with Gasteiger partial charge in [0.2, 0.25) is 0 Å². The van der Waals surface area contributed by atoms with Crippen molar-refractivity contribution in [3.05, 3.63) is 44.9 Å². The van der Waals surface area contributed by atoms with Gasteiger partial charge in [-0.05, 0) is 56.4 Å². The number of rotatable bonds is 4. The molecule has 1 atom stereocenters.